The predicted octanol–water partition coefficient (Wildman–Crippen LogP) is 3.57. The molecule has 98 valence electrons. The number of benzene rings is 1. The number of nitrogens with one attached hydrogen (secondary N) is 1. The average Bonchev–Trinajstić information content (AvgIpc) is 2.48. The Morgan fingerprint density at radius 1 is 1.05 bits per heavy atom. The zero-order valence-corrected chi connectivity index (χ0v) is 11.7. The summed E-state index contributed by atoms with van der Waals surface area (Å²) in [5.41, 5.74) is 2.96. The maximum Gasteiger partial charge on any atom is 0.195 e. The molecule has 20 heavy (non-hydrogen) atoms. The van der Waals surface area contributed by atoms with E-state index < -0.39 is 0 Å². The number of aromatic nitrogens is 4. The van der Waals surface area contributed by atoms with Crippen LogP contribution in [0.4, 0.5) is 0 Å². The molecule has 0 radical (unpaired) electrons. The summed E-state index contributed by atoms with van der Waals surface area (Å²) >= 11 is 5.23. The zero-order valence-electron chi connectivity index (χ0n) is 10.9. The van der Waals surface area contributed by atoms with Crippen molar-refractivity contribution in [3.05, 3.63) is 59.0 Å². The van der Waals surface area contributed by atoms with Gasteiger partial charge in [-0.15, -0.1) is 0 Å². The van der Waals surface area contributed by atoms with E-state index in [1.807, 2.05) is 43.3 Å². The van der Waals surface area contributed by atoms with Crippen molar-refractivity contribution in [1.29, 1.82) is 0 Å². The predicted molar refractivity (Wildman–Crippen MR) is 80.6 cm³/mol. The van der Waals surface area contributed by atoms with Gasteiger partial charge < -0.3 is 4.98 Å². The fraction of sp³-hybridized carbons (Fsp3) is 0.0667. The molecule has 0 unspecified atom stereocenters. The lowest BCUT2D eigenvalue weighted by Gasteiger charge is -2.05. The summed E-state index contributed by atoms with van der Waals surface area (Å²) in [4.78, 5) is 16.1. The minimum Gasteiger partial charge on any atom is -0.336 e. The van der Waals surface area contributed by atoms with Crippen LogP contribution >= 0.6 is 12.2 Å². The van der Waals surface area contributed by atoms with E-state index in [4.69, 9.17) is 12.2 Å². The molecule has 2 heterocycles. The van der Waals surface area contributed by atoms with E-state index in [-0.39, 0.29) is 0 Å². The Kier molecular flexibility index (Phi) is 3.35. The first-order valence-electron chi connectivity index (χ1n) is 6.18. The lowest BCUT2D eigenvalue weighted by molar-refractivity contribution is 1.06. The number of hydrogen-bond acceptors (Lipinski definition) is 4. The fourth-order valence-electron chi connectivity index (χ4n) is 1.85. The minimum atomic E-state index is 0.516. The fourth-order valence-corrected chi connectivity index (χ4v) is 2.06. The Hall–Kier alpha value is -2.40. The first-order chi connectivity index (χ1) is 9.72. The minimum absolute atomic E-state index is 0.516. The van der Waals surface area contributed by atoms with Crippen LogP contribution in [0, 0.1) is 11.6 Å². The molecule has 1 N–H and O–H groups in total. The van der Waals surface area contributed by atoms with Crippen LogP contribution in [0.5, 0.6) is 0 Å². The van der Waals surface area contributed by atoms with Gasteiger partial charge in [-0.2, -0.15) is 0 Å². The van der Waals surface area contributed by atoms with Crippen LogP contribution in [-0.2, 0) is 0 Å². The molecule has 0 aliphatic carbocycles. The Morgan fingerprint density at radius 2 is 1.75 bits per heavy atom. The summed E-state index contributed by atoms with van der Waals surface area (Å²) in [6.45, 7) is 1.94. The third-order valence-corrected chi connectivity index (χ3v) is 3.03. The maximum atomic E-state index is 5.23. The van der Waals surface area contributed by atoms with Crippen molar-refractivity contribution in [2.75, 3.05) is 0 Å². The van der Waals surface area contributed by atoms with Crippen LogP contribution in [0.15, 0.2) is 48.8 Å². The van der Waals surface area contributed by atoms with Crippen LogP contribution < -0.4 is 0 Å². The van der Waals surface area contributed by atoms with Crippen molar-refractivity contribution in [3.8, 4) is 22.9 Å². The molecule has 1 aromatic carbocycles. The van der Waals surface area contributed by atoms with Crippen molar-refractivity contribution < 1.29 is 0 Å². The number of aryl methyl sites for hydroxylation is 1. The zero-order chi connectivity index (χ0) is 13.9. The number of aromatic amines is 1. The molecule has 0 amide bonds. The molecule has 0 saturated heterocycles. The molecule has 0 saturated carbocycles. The Balaban J connectivity index is 2.12. The van der Waals surface area contributed by atoms with E-state index in [0.29, 0.717) is 16.3 Å². The molecule has 0 atom stereocenters. The van der Waals surface area contributed by atoms with Crippen LogP contribution in [0.3, 0.4) is 0 Å². The van der Waals surface area contributed by atoms with Crippen molar-refractivity contribution >= 4 is 12.2 Å². The van der Waals surface area contributed by atoms with Gasteiger partial charge in [0.25, 0.3) is 0 Å². The second-order valence-corrected chi connectivity index (χ2v) is 4.85. The third kappa shape index (κ3) is 2.62. The van der Waals surface area contributed by atoms with E-state index in [2.05, 4.69) is 19.9 Å². The molecule has 0 aliphatic heterocycles. The summed E-state index contributed by atoms with van der Waals surface area (Å²) in [6, 6.07) is 11.8. The van der Waals surface area contributed by atoms with E-state index in [0.717, 1.165) is 16.8 Å². The van der Waals surface area contributed by atoms with Gasteiger partial charge in [-0.1, -0.05) is 42.5 Å². The molecule has 0 aliphatic rings. The van der Waals surface area contributed by atoms with Gasteiger partial charge in [0.05, 0.1) is 5.69 Å². The maximum absolute atomic E-state index is 5.23. The van der Waals surface area contributed by atoms with E-state index in [9.17, 15) is 0 Å². The first kappa shape index (κ1) is 12.6. The molecular weight excluding hydrogens is 268 g/mol. The van der Waals surface area contributed by atoms with Gasteiger partial charge in [-0.25, -0.2) is 15.0 Å². The molecule has 3 rings (SSSR count). The Morgan fingerprint density at radius 3 is 2.45 bits per heavy atom. The molecule has 2 aromatic heterocycles. The third-order valence-electron chi connectivity index (χ3n) is 2.82. The van der Waals surface area contributed by atoms with Gasteiger partial charge in [-0.3, -0.25) is 0 Å². The summed E-state index contributed by atoms with van der Waals surface area (Å²) in [5, 5.41) is 0. The van der Waals surface area contributed by atoms with Crippen molar-refractivity contribution in [2.45, 2.75) is 6.92 Å². The molecular formula is C15H12N4S. The standard InChI is InChI=1S/C15H12N4S/c1-10-8-16-14(17-9-10)15-18-12(7-13(20)19-15)11-5-3-2-4-6-11/h2-9H,1H3,(H,18,19,20). The van der Waals surface area contributed by atoms with E-state index in [1.54, 1.807) is 12.4 Å². The van der Waals surface area contributed by atoms with Gasteiger partial charge in [0.15, 0.2) is 11.6 Å². The van der Waals surface area contributed by atoms with Crippen LogP contribution in [-0.4, -0.2) is 19.9 Å². The largest absolute Gasteiger partial charge is 0.336 e. The molecule has 4 nitrogen and oxygen atoms in total. The highest BCUT2D eigenvalue weighted by Crippen LogP contribution is 2.19. The molecule has 0 bridgehead atoms. The molecule has 5 heteroatoms. The Bertz CT molecular complexity index is 779. The quantitative estimate of drug-likeness (QED) is 0.729. The summed E-state index contributed by atoms with van der Waals surface area (Å²) in [5.74, 6) is 1.12. The normalized spacial score (nSPS) is 10.4. The lowest BCUT2D eigenvalue weighted by atomic mass is 10.1. The summed E-state index contributed by atoms with van der Waals surface area (Å²) < 4.78 is 0.516. The monoisotopic (exact) mass is 280 g/mol. The highest BCUT2D eigenvalue weighted by molar-refractivity contribution is 7.71. The molecule has 0 spiro atoms. The topological polar surface area (TPSA) is 54.5 Å². The molecule has 0 fully saturated rings. The van der Waals surface area contributed by atoms with Crippen molar-refractivity contribution in [1.82, 2.24) is 19.9 Å². The Labute approximate surface area is 121 Å². The average molecular weight is 280 g/mol. The highest BCUT2D eigenvalue weighted by atomic mass is 32.1. The lowest BCUT2D eigenvalue weighted by Crippen LogP contribution is -1.97. The van der Waals surface area contributed by atoms with Crippen LogP contribution in [0.25, 0.3) is 22.9 Å². The molecule has 3 aromatic rings. The number of H-pyrrole nitrogens is 1. The number of rotatable bonds is 2. The second-order valence-electron chi connectivity index (χ2n) is 4.43. The SMILES string of the molecule is Cc1cnc(-c2nc(=S)cc(-c3ccccc3)[nH]2)nc1. The van der Waals surface area contributed by atoms with Gasteiger partial charge in [-0.05, 0) is 24.1 Å². The smallest absolute Gasteiger partial charge is 0.195 e. The van der Waals surface area contributed by atoms with Gasteiger partial charge in [0, 0.05) is 12.4 Å². The number of nitrogens with zero attached hydrogens (tertiary/aromatic N) is 3. The van der Waals surface area contributed by atoms with E-state index >= 15 is 0 Å². The summed E-state index contributed by atoms with van der Waals surface area (Å²) in [6.07, 6.45) is 3.52. The first-order valence-corrected chi connectivity index (χ1v) is 6.59. The van der Waals surface area contributed by atoms with Crippen molar-refractivity contribution in [2.24, 2.45) is 0 Å². The van der Waals surface area contributed by atoms with Crippen LogP contribution in [0.1, 0.15) is 5.56 Å². The van der Waals surface area contributed by atoms with Gasteiger partial charge in [0.2, 0.25) is 0 Å². The number of hydrogen-bond donors (Lipinski definition) is 1. The van der Waals surface area contributed by atoms with Crippen LogP contribution in [0.2, 0.25) is 0 Å². The second kappa shape index (κ2) is 5.30. The van der Waals surface area contributed by atoms with Gasteiger partial charge in [0.1, 0.15) is 4.64 Å². The van der Waals surface area contributed by atoms with Gasteiger partial charge >= 0.3 is 0 Å². The van der Waals surface area contributed by atoms with Crippen molar-refractivity contribution in [3.63, 3.8) is 0 Å². The highest BCUT2D eigenvalue weighted by Gasteiger charge is 2.06. The van der Waals surface area contributed by atoms with E-state index in [1.165, 1.54) is 0 Å². The summed E-state index contributed by atoms with van der Waals surface area (Å²) in [7, 11) is 0.